The van der Waals surface area contributed by atoms with Crippen molar-refractivity contribution in [1.29, 1.82) is 5.26 Å². The number of anilines is 4. The lowest BCUT2D eigenvalue weighted by Crippen LogP contribution is -2.52. The molecule has 3 aliphatic heterocycles. The second-order valence-corrected chi connectivity index (χ2v) is 17.9. The van der Waals surface area contributed by atoms with E-state index in [9.17, 15) is 14.0 Å². The number of nitrogens with zero attached hydrogens (tertiary/aromatic N) is 11. The molecule has 5 aromatic heterocycles. The Kier molecular flexibility index (Phi) is 15.1. The van der Waals surface area contributed by atoms with Crippen LogP contribution in [0.15, 0.2) is 110 Å². The van der Waals surface area contributed by atoms with Crippen molar-refractivity contribution in [3.63, 3.8) is 0 Å². The van der Waals surface area contributed by atoms with Crippen LogP contribution in [0.2, 0.25) is 0 Å². The molecule has 3 aliphatic rings. The Bertz CT molecular complexity index is 2950. The first-order valence-corrected chi connectivity index (χ1v) is 23.3. The number of piperazine rings is 2. The first-order chi connectivity index (χ1) is 33.8. The zero-order chi connectivity index (χ0) is 49.5. The minimum atomic E-state index is -0.450. The second-order valence-electron chi connectivity index (χ2n) is 17.9. The lowest BCUT2D eigenvalue weighted by molar-refractivity contribution is 0.212. The molecule has 2 unspecified atom stereocenters. The molecule has 0 saturated carbocycles. The highest BCUT2D eigenvalue weighted by Crippen LogP contribution is 2.38. The number of nitriles is 1. The maximum atomic E-state index is 14.7. The van der Waals surface area contributed by atoms with Gasteiger partial charge >= 0.3 is 0 Å². The largest absolute Gasteiger partial charge is 0.496 e. The molecule has 17 heteroatoms. The molecule has 0 aliphatic carbocycles. The van der Waals surface area contributed by atoms with E-state index in [0.29, 0.717) is 46.2 Å². The highest BCUT2D eigenvalue weighted by molar-refractivity contribution is 5.83. The predicted octanol–water partition coefficient (Wildman–Crippen LogP) is 8.32. The second kappa shape index (κ2) is 21.7. The Balaban J connectivity index is 0.000000155. The summed E-state index contributed by atoms with van der Waals surface area (Å²) < 4.78 is 41.1. The van der Waals surface area contributed by atoms with Gasteiger partial charge in [0.25, 0.3) is 0 Å². The van der Waals surface area contributed by atoms with Crippen LogP contribution < -0.4 is 30.7 Å². The summed E-state index contributed by atoms with van der Waals surface area (Å²) in [7, 11) is 7.34. The van der Waals surface area contributed by atoms with Crippen molar-refractivity contribution in [2.75, 3.05) is 88.9 Å². The van der Waals surface area contributed by atoms with E-state index in [0.717, 1.165) is 73.5 Å². The molecule has 8 heterocycles. The predicted molar refractivity (Wildman–Crippen MR) is 271 cm³/mol. The van der Waals surface area contributed by atoms with Crippen LogP contribution in [0.25, 0.3) is 39.3 Å². The molecule has 2 aromatic carbocycles. The van der Waals surface area contributed by atoms with Crippen LogP contribution in [0.5, 0.6) is 11.5 Å². The summed E-state index contributed by atoms with van der Waals surface area (Å²) in [6.07, 6.45) is 7.91. The SMILES string of the molecule is CN1C2CCC1CN(c1cccc(N)n1)C2.COc1cccc(F)c1-c1cc(-c2cnn(-c3cccc(N4CCN(C)CC4)n3)c2)cnc1N.COc1cccc(F)c1-c1nc(C(C)C)ccc1C#N. The number of aromatic nitrogens is 6. The summed E-state index contributed by atoms with van der Waals surface area (Å²) >= 11 is 0. The maximum Gasteiger partial charge on any atom is 0.155 e. The summed E-state index contributed by atoms with van der Waals surface area (Å²) in [4.78, 5) is 27.5. The van der Waals surface area contributed by atoms with Crippen molar-refractivity contribution >= 4 is 23.3 Å². The fraction of sp³-hybridized carbons (Fsp3) is 0.321. The van der Waals surface area contributed by atoms with Gasteiger partial charge in [-0.1, -0.05) is 38.1 Å². The molecule has 70 heavy (non-hydrogen) atoms. The van der Waals surface area contributed by atoms with Crippen LogP contribution in [-0.4, -0.2) is 119 Å². The minimum Gasteiger partial charge on any atom is -0.496 e. The van der Waals surface area contributed by atoms with Crippen LogP contribution in [-0.2, 0) is 0 Å². The van der Waals surface area contributed by atoms with Crippen molar-refractivity contribution < 1.29 is 18.3 Å². The molecule has 0 amide bonds. The number of nitrogen functional groups attached to an aromatic ring is 2. The topological polar surface area (TPSA) is 177 Å². The third-order valence-electron chi connectivity index (χ3n) is 13.1. The van der Waals surface area contributed by atoms with Crippen molar-refractivity contribution in [3.05, 3.63) is 132 Å². The smallest absolute Gasteiger partial charge is 0.155 e. The average molecular weight is 948 g/mol. The summed E-state index contributed by atoms with van der Waals surface area (Å²) in [5, 5.41) is 13.7. The van der Waals surface area contributed by atoms with E-state index in [4.69, 9.17) is 25.9 Å². The number of ether oxygens (including phenoxy) is 2. The minimum absolute atomic E-state index is 0.194. The Morgan fingerprint density at radius 2 is 1.31 bits per heavy atom. The fourth-order valence-corrected chi connectivity index (χ4v) is 9.02. The standard InChI is InChI=1S/C25H26FN7O.C16H15FN2O.C12H18N4/c1-31-9-11-32(12-10-31)22-7-4-8-23(30-22)33-16-18(15-29-33)17-13-19(25(27)28-14-17)24-20(26)5-3-6-21(24)34-2;1-10(2)13-8-7-11(9-18)16(19-13)15-12(17)5-4-6-14(15)20-3;1-15-9-5-6-10(15)8-16(7-9)12-4-2-3-11(13)14-12/h3-8,13-16H,9-12H2,1-2H3,(H2,27,28);4-8,10H,1-3H3;2-4,9-10H,5-8H2,1H3,(H2,13,14). The number of halogens is 2. The van der Waals surface area contributed by atoms with E-state index >= 15 is 0 Å². The van der Waals surface area contributed by atoms with E-state index in [-0.39, 0.29) is 22.9 Å². The number of fused-ring (bicyclic) bond motifs is 2. The number of pyridine rings is 4. The molecular weight excluding hydrogens is 889 g/mol. The number of likely N-dealkylation sites (N-methyl/N-ethyl adjacent to an activating group) is 2. The molecule has 362 valence electrons. The average Bonchev–Trinajstić information content (AvgIpc) is 3.93. The van der Waals surface area contributed by atoms with E-state index in [1.807, 2.05) is 50.4 Å². The first kappa shape index (κ1) is 48.8. The van der Waals surface area contributed by atoms with Gasteiger partial charge in [0.2, 0.25) is 0 Å². The van der Waals surface area contributed by atoms with Crippen LogP contribution in [0.3, 0.4) is 0 Å². The Labute approximate surface area is 407 Å². The van der Waals surface area contributed by atoms with Crippen molar-refractivity contribution in [3.8, 4) is 56.9 Å². The summed E-state index contributed by atoms with van der Waals surface area (Å²) in [6, 6.07) is 29.8. The van der Waals surface area contributed by atoms with Crippen molar-refractivity contribution in [1.82, 2.24) is 39.5 Å². The van der Waals surface area contributed by atoms with Crippen LogP contribution >= 0.6 is 0 Å². The van der Waals surface area contributed by atoms with Crippen LogP contribution in [0, 0.1) is 23.0 Å². The van der Waals surface area contributed by atoms with Gasteiger partial charge in [-0.3, -0.25) is 9.88 Å². The van der Waals surface area contributed by atoms with Gasteiger partial charge < -0.3 is 35.6 Å². The van der Waals surface area contributed by atoms with Gasteiger partial charge in [-0.15, -0.1) is 0 Å². The molecule has 3 fully saturated rings. The number of hydrogen-bond acceptors (Lipinski definition) is 14. The normalized spacial score (nSPS) is 16.7. The first-order valence-electron chi connectivity index (χ1n) is 23.3. The number of methoxy groups -OCH3 is 2. The Morgan fingerprint density at radius 3 is 1.96 bits per heavy atom. The van der Waals surface area contributed by atoms with Crippen LogP contribution in [0.4, 0.5) is 32.1 Å². The molecule has 0 spiro atoms. The lowest BCUT2D eigenvalue weighted by atomic mass is 10.0. The van der Waals surface area contributed by atoms with E-state index in [2.05, 4.69) is 65.9 Å². The van der Waals surface area contributed by atoms with Gasteiger partial charge in [-0.2, -0.15) is 10.4 Å². The molecule has 10 rings (SSSR count). The summed E-state index contributed by atoms with van der Waals surface area (Å²) in [5.74, 6) is 3.61. The third-order valence-corrected chi connectivity index (χ3v) is 13.1. The summed E-state index contributed by atoms with van der Waals surface area (Å²) in [5.41, 5.74) is 15.9. The van der Waals surface area contributed by atoms with Crippen LogP contribution in [0.1, 0.15) is 43.9 Å². The fourth-order valence-electron chi connectivity index (χ4n) is 9.02. The third kappa shape index (κ3) is 10.8. The molecule has 2 atom stereocenters. The van der Waals surface area contributed by atoms with Gasteiger partial charge in [0, 0.05) is 86.1 Å². The number of nitrogens with two attached hydrogens (primary N) is 2. The highest BCUT2D eigenvalue weighted by atomic mass is 19.1. The van der Waals surface area contributed by atoms with Gasteiger partial charge in [0.1, 0.15) is 52.5 Å². The lowest BCUT2D eigenvalue weighted by Gasteiger charge is -2.39. The molecule has 15 nitrogen and oxygen atoms in total. The maximum absolute atomic E-state index is 14.7. The zero-order valence-corrected chi connectivity index (χ0v) is 40.4. The molecular formula is C53H59F2N13O2. The van der Waals surface area contributed by atoms with Crippen molar-refractivity contribution in [2.45, 2.75) is 44.7 Å². The van der Waals surface area contributed by atoms with E-state index < -0.39 is 11.6 Å². The monoisotopic (exact) mass is 947 g/mol. The van der Waals surface area contributed by atoms with Gasteiger partial charge in [-0.25, -0.2) is 28.4 Å². The van der Waals surface area contributed by atoms with Crippen molar-refractivity contribution in [2.24, 2.45) is 0 Å². The van der Waals surface area contributed by atoms with E-state index in [1.54, 1.807) is 59.5 Å². The van der Waals surface area contributed by atoms with Gasteiger partial charge in [0.05, 0.1) is 42.8 Å². The Morgan fingerprint density at radius 1 is 0.700 bits per heavy atom. The van der Waals surface area contributed by atoms with E-state index in [1.165, 1.54) is 39.2 Å². The number of hydrogen-bond donors (Lipinski definition) is 2. The summed E-state index contributed by atoms with van der Waals surface area (Å²) in [6.45, 7) is 10.1. The quantitative estimate of drug-likeness (QED) is 0.141. The van der Waals surface area contributed by atoms with Gasteiger partial charge in [0.15, 0.2) is 5.82 Å². The zero-order valence-electron chi connectivity index (χ0n) is 40.4. The molecule has 7 aromatic rings. The molecule has 4 N–H and O–H groups in total. The number of benzene rings is 2. The Hall–Kier alpha value is -7.68. The highest BCUT2D eigenvalue weighted by Gasteiger charge is 2.37. The molecule has 0 radical (unpaired) electrons. The number of rotatable bonds is 9. The molecule has 2 bridgehead atoms. The van der Waals surface area contributed by atoms with Gasteiger partial charge in [-0.05, 0) is 99.6 Å². The molecule has 3 saturated heterocycles.